The third kappa shape index (κ3) is 7.65. The average molecular weight is 447 g/mol. The van der Waals surface area contributed by atoms with E-state index >= 15 is 0 Å². The molecule has 0 heterocycles. The van der Waals surface area contributed by atoms with Crippen LogP contribution in [0.4, 0.5) is 18.9 Å². The van der Waals surface area contributed by atoms with Crippen LogP contribution in [0.3, 0.4) is 0 Å². The number of amides is 1. The highest BCUT2D eigenvalue weighted by molar-refractivity contribution is 5.77. The zero-order valence-electron chi connectivity index (χ0n) is 18.5. The second-order valence-corrected chi connectivity index (χ2v) is 6.36. The van der Waals surface area contributed by atoms with Crippen molar-refractivity contribution in [1.29, 1.82) is 0 Å². The number of hydrogen-bond donors (Lipinski definition) is 2. The molecular formula is C25H28F3NO3. The van der Waals surface area contributed by atoms with E-state index in [2.05, 4.69) is 5.32 Å². The van der Waals surface area contributed by atoms with Crippen molar-refractivity contribution in [3.63, 3.8) is 0 Å². The normalized spacial score (nSPS) is 11.1. The van der Waals surface area contributed by atoms with Gasteiger partial charge in [-0.3, -0.25) is 4.79 Å². The number of aromatic hydroxyl groups is 1. The van der Waals surface area contributed by atoms with Crippen LogP contribution in [0.15, 0.2) is 72.8 Å². The number of para-hydroxylation sites is 2. The first-order valence-electron chi connectivity index (χ1n) is 10.1. The predicted octanol–water partition coefficient (Wildman–Crippen LogP) is 6.85. The minimum atomic E-state index is -4.56. The molecule has 0 saturated heterocycles. The number of nitrogens with one attached hydrogen (secondary N) is 1. The number of phenolic OH excluding ortho intramolecular Hbond substituents is 1. The predicted molar refractivity (Wildman–Crippen MR) is 121 cm³/mol. The van der Waals surface area contributed by atoms with Crippen LogP contribution in [-0.4, -0.2) is 18.6 Å². The SMILES string of the molecule is CC.CC(c1ccc(O)cc1)c1cccc(C(F)(F)F)c1NC=O.COc1ccccc1. The zero-order chi connectivity index (χ0) is 24.1. The molecule has 172 valence electrons. The number of phenols is 1. The number of rotatable bonds is 5. The van der Waals surface area contributed by atoms with Crippen molar-refractivity contribution in [1.82, 2.24) is 0 Å². The van der Waals surface area contributed by atoms with Crippen LogP contribution >= 0.6 is 0 Å². The van der Waals surface area contributed by atoms with Gasteiger partial charge < -0.3 is 15.2 Å². The van der Waals surface area contributed by atoms with Crippen LogP contribution in [-0.2, 0) is 11.0 Å². The number of ether oxygens (including phenoxy) is 1. The van der Waals surface area contributed by atoms with Crippen molar-refractivity contribution in [2.24, 2.45) is 0 Å². The van der Waals surface area contributed by atoms with Gasteiger partial charge in [0.05, 0.1) is 18.4 Å². The van der Waals surface area contributed by atoms with Crippen LogP contribution < -0.4 is 10.1 Å². The van der Waals surface area contributed by atoms with Gasteiger partial charge in [0.25, 0.3) is 0 Å². The van der Waals surface area contributed by atoms with Gasteiger partial charge in [0.2, 0.25) is 6.41 Å². The Morgan fingerprint density at radius 1 is 0.938 bits per heavy atom. The standard InChI is InChI=1S/C16H14F3NO2.C7H8O.C2H6/c1-10(11-5-7-12(22)8-6-11)13-3-2-4-14(16(17,18)19)15(13)20-9-21;1-8-7-5-3-2-4-6-7;1-2/h2-10,22H,1H3,(H,20,21);2-6H,1H3;1-2H3. The maximum Gasteiger partial charge on any atom is 0.418 e. The molecule has 1 atom stereocenters. The third-order valence-electron chi connectivity index (χ3n) is 4.44. The highest BCUT2D eigenvalue weighted by atomic mass is 19.4. The largest absolute Gasteiger partial charge is 0.508 e. The molecule has 3 aromatic rings. The van der Waals surface area contributed by atoms with Gasteiger partial charge in [-0.2, -0.15) is 13.2 Å². The molecule has 2 N–H and O–H groups in total. The summed E-state index contributed by atoms with van der Waals surface area (Å²) in [5, 5.41) is 11.5. The molecule has 7 heteroatoms. The number of carbonyl (C=O) groups excluding carboxylic acids is 1. The maximum absolute atomic E-state index is 13.1. The van der Waals surface area contributed by atoms with E-state index in [1.807, 2.05) is 44.2 Å². The number of alkyl halides is 3. The molecular weight excluding hydrogens is 419 g/mol. The molecule has 0 fully saturated rings. The first-order valence-corrected chi connectivity index (χ1v) is 10.1. The molecule has 0 spiro atoms. The minimum absolute atomic E-state index is 0.0752. The Labute approximate surface area is 186 Å². The molecule has 0 aromatic heterocycles. The number of carbonyl (C=O) groups is 1. The Balaban J connectivity index is 0.000000427. The maximum atomic E-state index is 13.1. The van der Waals surface area contributed by atoms with E-state index in [9.17, 15) is 23.1 Å². The second-order valence-electron chi connectivity index (χ2n) is 6.36. The molecule has 0 aliphatic carbocycles. The lowest BCUT2D eigenvalue weighted by atomic mass is 9.90. The molecule has 3 rings (SSSR count). The molecule has 1 unspecified atom stereocenters. The second kappa shape index (κ2) is 13.0. The van der Waals surface area contributed by atoms with Gasteiger partial charge in [0.15, 0.2) is 0 Å². The number of hydrogen-bond acceptors (Lipinski definition) is 3. The fourth-order valence-corrected chi connectivity index (χ4v) is 2.89. The summed E-state index contributed by atoms with van der Waals surface area (Å²) in [6, 6.07) is 19.6. The van der Waals surface area contributed by atoms with Gasteiger partial charge in [-0.15, -0.1) is 0 Å². The van der Waals surface area contributed by atoms with E-state index in [1.54, 1.807) is 32.2 Å². The number of benzene rings is 3. The Hall–Kier alpha value is -3.48. The van der Waals surface area contributed by atoms with Gasteiger partial charge in [-0.25, -0.2) is 0 Å². The Morgan fingerprint density at radius 2 is 1.53 bits per heavy atom. The van der Waals surface area contributed by atoms with E-state index in [4.69, 9.17) is 4.74 Å². The summed E-state index contributed by atoms with van der Waals surface area (Å²) in [6.07, 6.45) is -4.33. The lowest BCUT2D eigenvalue weighted by Crippen LogP contribution is -2.13. The van der Waals surface area contributed by atoms with Crippen LogP contribution in [0.2, 0.25) is 0 Å². The molecule has 3 aromatic carbocycles. The molecule has 0 bridgehead atoms. The number of halogens is 3. The van der Waals surface area contributed by atoms with Crippen molar-refractivity contribution in [3.05, 3.63) is 89.5 Å². The molecule has 0 radical (unpaired) electrons. The molecule has 0 saturated carbocycles. The van der Waals surface area contributed by atoms with Crippen molar-refractivity contribution in [2.45, 2.75) is 32.9 Å². The summed E-state index contributed by atoms with van der Waals surface area (Å²) in [6.45, 7) is 5.73. The summed E-state index contributed by atoms with van der Waals surface area (Å²) < 4.78 is 44.2. The quantitative estimate of drug-likeness (QED) is 0.421. The fraction of sp³-hybridized carbons (Fsp3) is 0.240. The van der Waals surface area contributed by atoms with Gasteiger partial charge in [-0.05, 0) is 41.5 Å². The van der Waals surface area contributed by atoms with Crippen LogP contribution in [0, 0.1) is 0 Å². The Bertz CT molecular complexity index is 943. The van der Waals surface area contributed by atoms with Crippen LogP contribution in [0.1, 0.15) is 43.4 Å². The highest BCUT2D eigenvalue weighted by Crippen LogP contribution is 2.40. The molecule has 1 amide bonds. The van der Waals surface area contributed by atoms with Gasteiger partial charge in [-0.1, -0.05) is 63.2 Å². The Kier molecular flexibility index (Phi) is 10.8. The molecule has 0 aliphatic heterocycles. The highest BCUT2D eigenvalue weighted by Gasteiger charge is 2.35. The van der Waals surface area contributed by atoms with E-state index in [0.29, 0.717) is 5.56 Å². The summed E-state index contributed by atoms with van der Waals surface area (Å²) in [5.74, 6) is 0.601. The summed E-state index contributed by atoms with van der Waals surface area (Å²) in [4.78, 5) is 10.7. The summed E-state index contributed by atoms with van der Waals surface area (Å²) >= 11 is 0. The molecule has 0 aliphatic rings. The lowest BCUT2D eigenvalue weighted by molar-refractivity contribution is -0.137. The van der Waals surface area contributed by atoms with Gasteiger partial charge in [0, 0.05) is 5.92 Å². The molecule has 32 heavy (non-hydrogen) atoms. The molecule has 4 nitrogen and oxygen atoms in total. The van der Waals surface area contributed by atoms with Gasteiger partial charge in [0.1, 0.15) is 11.5 Å². The number of anilines is 1. The smallest absolute Gasteiger partial charge is 0.418 e. The van der Waals surface area contributed by atoms with Crippen molar-refractivity contribution in [3.8, 4) is 11.5 Å². The summed E-state index contributed by atoms with van der Waals surface area (Å²) in [7, 11) is 1.66. The first-order chi connectivity index (χ1) is 15.3. The first kappa shape index (κ1) is 26.6. The van der Waals surface area contributed by atoms with Crippen molar-refractivity contribution < 1.29 is 27.8 Å². The minimum Gasteiger partial charge on any atom is -0.508 e. The van der Waals surface area contributed by atoms with E-state index < -0.39 is 11.7 Å². The Morgan fingerprint density at radius 3 is 2.00 bits per heavy atom. The van der Waals surface area contributed by atoms with E-state index in [0.717, 1.165) is 17.4 Å². The van der Waals surface area contributed by atoms with Crippen LogP contribution in [0.25, 0.3) is 0 Å². The lowest BCUT2D eigenvalue weighted by Gasteiger charge is -2.20. The van der Waals surface area contributed by atoms with Crippen molar-refractivity contribution in [2.75, 3.05) is 12.4 Å². The van der Waals surface area contributed by atoms with Crippen LogP contribution in [0.5, 0.6) is 11.5 Å². The monoisotopic (exact) mass is 447 g/mol. The summed E-state index contributed by atoms with van der Waals surface area (Å²) in [5.41, 5.74) is -0.0491. The zero-order valence-corrected chi connectivity index (χ0v) is 18.5. The van der Waals surface area contributed by atoms with Crippen molar-refractivity contribution >= 4 is 12.1 Å². The van der Waals surface area contributed by atoms with E-state index in [-0.39, 0.29) is 23.8 Å². The van der Waals surface area contributed by atoms with Gasteiger partial charge >= 0.3 is 6.18 Å². The fourth-order valence-electron chi connectivity index (χ4n) is 2.89. The topological polar surface area (TPSA) is 58.6 Å². The third-order valence-corrected chi connectivity index (χ3v) is 4.44. The average Bonchev–Trinajstić information content (AvgIpc) is 2.81. The number of methoxy groups -OCH3 is 1. The van der Waals surface area contributed by atoms with E-state index in [1.165, 1.54) is 18.2 Å².